The molecule has 0 heterocycles. The van der Waals surface area contributed by atoms with Crippen LogP contribution in [-0.4, -0.2) is 70.6 Å². The van der Waals surface area contributed by atoms with Crippen LogP contribution < -0.4 is 0 Å². The molecule has 11 nitrogen and oxygen atoms in total. The van der Waals surface area contributed by atoms with E-state index in [4.69, 9.17) is 9.05 Å². The summed E-state index contributed by atoms with van der Waals surface area (Å²) in [5.74, 6) is -1.31. The van der Waals surface area contributed by atoms with Crippen molar-refractivity contribution in [1.29, 1.82) is 0 Å². The van der Waals surface area contributed by atoms with E-state index in [9.17, 15) is 39.6 Å². The molecule has 0 radical (unpaired) electrons. The molecule has 1 saturated carbocycles. The second-order valence-electron chi connectivity index (χ2n) is 4.52. The summed E-state index contributed by atoms with van der Waals surface area (Å²) in [5.41, 5.74) is 0. The Hall–Kier alpha value is 1.51. The third-order valence-electron chi connectivity index (χ3n) is 2.83. The topological polar surface area (TPSA) is 190 Å². The summed E-state index contributed by atoms with van der Waals surface area (Å²) in [6, 6.07) is 0. The Balaban J connectivity index is 3.20. The standard InChI is InChI=1S/C6H15O11P3S3/c7-1-2-4(15-18(9,10)21)3(8)6(17-20(13,14)23)5(2)16-19(11,12)22/h2-8H,1H2,(H2,9,10,21)(H2,11,12,22)(H2,13,14,23)/t2-,3-,4+,5+,6+/m0/s1. The van der Waals surface area contributed by atoms with Crippen molar-refractivity contribution in [2.75, 3.05) is 6.61 Å². The van der Waals surface area contributed by atoms with Gasteiger partial charge in [-0.15, -0.1) is 0 Å². The van der Waals surface area contributed by atoms with Crippen LogP contribution in [0.1, 0.15) is 0 Å². The average molecular weight is 452 g/mol. The molecule has 1 aliphatic rings. The zero-order valence-electron chi connectivity index (χ0n) is 11.0. The third-order valence-corrected chi connectivity index (χ3v) is 5.16. The number of hydrogen-bond donors (Lipinski definition) is 8. The van der Waals surface area contributed by atoms with Gasteiger partial charge in [-0.25, -0.2) is 0 Å². The summed E-state index contributed by atoms with van der Waals surface area (Å²) in [6.45, 7) is -13.8. The van der Waals surface area contributed by atoms with Crippen LogP contribution in [0.15, 0.2) is 0 Å². The molecule has 23 heavy (non-hydrogen) atoms. The molecule has 0 bridgehead atoms. The summed E-state index contributed by atoms with van der Waals surface area (Å²) in [4.78, 5) is 55.4. The maximum absolute atomic E-state index is 10.1. The van der Waals surface area contributed by atoms with Crippen molar-refractivity contribution in [2.24, 2.45) is 5.92 Å². The van der Waals surface area contributed by atoms with Crippen LogP contribution in [0.25, 0.3) is 0 Å². The maximum atomic E-state index is 10.1. The lowest BCUT2D eigenvalue weighted by atomic mass is 10.1. The van der Waals surface area contributed by atoms with E-state index in [1.165, 1.54) is 0 Å². The molecule has 8 N–H and O–H groups in total. The number of aliphatic hydroxyl groups is 2. The molecule has 1 fully saturated rings. The van der Waals surface area contributed by atoms with E-state index in [1.807, 2.05) is 0 Å². The molecule has 0 spiro atoms. The van der Waals surface area contributed by atoms with Gasteiger partial charge in [0.05, 0.1) is 6.61 Å². The van der Waals surface area contributed by atoms with Gasteiger partial charge in [-0.3, -0.25) is 4.52 Å². The lowest BCUT2D eigenvalue weighted by Gasteiger charge is -2.27. The molecule has 0 aromatic rings. The van der Waals surface area contributed by atoms with Crippen LogP contribution in [0, 0.1) is 5.92 Å². The predicted octanol–water partition coefficient (Wildman–Crippen LogP) is -2.25. The minimum atomic E-state index is -4.34. The Morgan fingerprint density at radius 1 is 0.696 bits per heavy atom. The Morgan fingerprint density at radius 2 is 1.04 bits per heavy atom. The SMILES string of the molecule is OC[C@@H]1[C@@H](OP(O)(O)=S)[C@H](OP(O)(O)=S)[C@@H](O)[C@@H]1OP(O)(O)=S. The van der Waals surface area contributed by atoms with E-state index in [0.717, 1.165) is 0 Å². The van der Waals surface area contributed by atoms with E-state index in [-0.39, 0.29) is 0 Å². The second kappa shape index (κ2) is 8.03. The van der Waals surface area contributed by atoms with E-state index < -0.39 is 57.1 Å². The minimum absolute atomic E-state index is 0.809. The van der Waals surface area contributed by atoms with Gasteiger partial charge in [-0.1, -0.05) is 0 Å². The van der Waals surface area contributed by atoms with Gasteiger partial charge in [-0.2, -0.15) is 0 Å². The van der Waals surface area contributed by atoms with Gasteiger partial charge < -0.3 is 48.6 Å². The summed E-state index contributed by atoms with van der Waals surface area (Å²) < 4.78 is 14.1. The van der Waals surface area contributed by atoms with Crippen LogP contribution in [-0.2, 0) is 49.0 Å². The molecule has 0 aromatic heterocycles. The van der Waals surface area contributed by atoms with Gasteiger partial charge in [-0.05, 0) is 35.4 Å². The first-order valence-electron chi connectivity index (χ1n) is 5.65. The Morgan fingerprint density at radius 3 is 1.39 bits per heavy atom. The van der Waals surface area contributed by atoms with Gasteiger partial charge >= 0.3 is 20.2 Å². The molecule has 0 saturated heterocycles. The molecule has 0 aromatic carbocycles. The number of aliphatic hydroxyl groups excluding tert-OH is 2. The van der Waals surface area contributed by atoms with E-state index in [2.05, 4.69) is 39.9 Å². The highest BCUT2D eigenvalue weighted by molar-refractivity contribution is 8.07. The molecular formula is C6H15O11P3S3. The average Bonchev–Trinajstić information content (AvgIpc) is 2.48. The van der Waals surface area contributed by atoms with Crippen LogP contribution >= 0.6 is 20.2 Å². The first kappa shape index (κ1) is 22.6. The van der Waals surface area contributed by atoms with Crippen LogP contribution in [0.5, 0.6) is 0 Å². The minimum Gasteiger partial charge on any atom is -0.396 e. The maximum Gasteiger partial charge on any atom is 0.322 e. The van der Waals surface area contributed by atoms with Crippen molar-refractivity contribution in [3.05, 3.63) is 0 Å². The number of hydrogen-bond acceptors (Lipinski definition) is 8. The fraction of sp³-hybridized carbons (Fsp3) is 1.00. The third kappa shape index (κ3) is 7.33. The predicted molar refractivity (Wildman–Crippen MR) is 87.4 cm³/mol. The van der Waals surface area contributed by atoms with E-state index in [1.54, 1.807) is 0 Å². The van der Waals surface area contributed by atoms with E-state index >= 15 is 0 Å². The summed E-state index contributed by atoms with van der Waals surface area (Å²) in [7, 11) is 0. The smallest absolute Gasteiger partial charge is 0.322 e. The highest BCUT2D eigenvalue weighted by Crippen LogP contribution is 2.52. The quantitative estimate of drug-likeness (QED) is 0.193. The molecular weight excluding hydrogens is 437 g/mol. The Labute approximate surface area is 145 Å². The second-order valence-corrected chi connectivity index (χ2v) is 12.4. The lowest BCUT2D eigenvalue weighted by molar-refractivity contribution is -0.0270. The molecule has 1 rings (SSSR count). The molecule has 1 aliphatic carbocycles. The highest BCUT2D eigenvalue weighted by atomic mass is 32.5. The first-order valence-corrected chi connectivity index (χ1v) is 13.5. The molecule has 0 amide bonds. The monoisotopic (exact) mass is 452 g/mol. The van der Waals surface area contributed by atoms with Gasteiger partial charge in [0.2, 0.25) is 0 Å². The molecule has 5 atom stereocenters. The van der Waals surface area contributed by atoms with Gasteiger partial charge in [0.25, 0.3) is 0 Å². The number of rotatable bonds is 7. The molecule has 138 valence electrons. The first-order chi connectivity index (χ1) is 10.1. The molecule has 17 heteroatoms. The van der Waals surface area contributed by atoms with Gasteiger partial charge in [0.1, 0.15) is 24.4 Å². The zero-order valence-corrected chi connectivity index (χ0v) is 16.1. The largest absolute Gasteiger partial charge is 0.396 e. The molecule has 0 unspecified atom stereocenters. The Bertz CT molecular complexity index is 555. The normalized spacial score (nSPS) is 33.1. The summed E-state index contributed by atoms with van der Waals surface area (Å²) >= 11 is 12.8. The van der Waals surface area contributed by atoms with Crippen molar-refractivity contribution in [1.82, 2.24) is 0 Å². The van der Waals surface area contributed by atoms with Crippen LogP contribution in [0.2, 0.25) is 0 Å². The van der Waals surface area contributed by atoms with Crippen molar-refractivity contribution in [2.45, 2.75) is 24.4 Å². The van der Waals surface area contributed by atoms with Gasteiger partial charge in [0, 0.05) is 5.92 Å². The fourth-order valence-corrected chi connectivity index (χ4v) is 4.80. The summed E-state index contributed by atoms with van der Waals surface area (Å²) in [5, 5.41) is 19.5. The van der Waals surface area contributed by atoms with E-state index in [0.29, 0.717) is 0 Å². The summed E-state index contributed by atoms with van der Waals surface area (Å²) in [6.07, 6.45) is -6.70. The Kier molecular flexibility index (Phi) is 7.88. The van der Waals surface area contributed by atoms with Crippen molar-refractivity contribution >= 4 is 55.6 Å². The van der Waals surface area contributed by atoms with Crippen molar-refractivity contribution in [3.63, 3.8) is 0 Å². The zero-order chi connectivity index (χ0) is 18.2. The van der Waals surface area contributed by atoms with Crippen LogP contribution in [0.3, 0.4) is 0 Å². The van der Waals surface area contributed by atoms with Crippen molar-refractivity contribution < 1.29 is 53.1 Å². The lowest BCUT2D eigenvalue weighted by Crippen LogP contribution is -2.35. The fourth-order valence-electron chi connectivity index (χ4n) is 2.15. The van der Waals surface area contributed by atoms with Crippen LogP contribution in [0.4, 0.5) is 0 Å². The van der Waals surface area contributed by atoms with Gasteiger partial charge in [0.15, 0.2) is 0 Å². The highest BCUT2D eigenvalue weighted by Gasteiger charge is 2.56. The molecule has 0 aliphatic heterocycles. The van der Waals surface area contributed by atoms with Crippen molar-refractivity contribution in [3.8, 4) is 0 Å².